The van der Waals surface area contributed by atoms with Gasteiger partial charge < -0.3 is 15.2 Å². The minimum absolute atomic E-state index is 0.0341. The van der Waals surface area contributed by atoms with Crippen LogP contribution in [0.15, 0.2) is 0 Å². The molecule has 116 valence electrons. The number of ether oxygens (including phenoxy) is 1. The highest BCUT2D eigenvalue weighted by atomic mass is 16.5. The maximum Gasteiger partial charge on any atom is 0.237 e. The first-order valence-electron chi connectivity index (χ1n) is 7.93. The van der Waals surface area contributed by atoms with Crippen LogP contribution < -0.4 is 5.32 Å². The molecule has 0 unspecified atom stereocenters. The first kappa shape index (κ1) is 15.7. The van der Waals surface area contributed by atoms with Crippen LogP contribution in [-0.4, -0.2) is 60.4 Å². The van der Waals surface area contributed by atoms with E-state index >= 15 is 0 Å². The van der Waals surface area contributed by atoms with Crippen LogP contribution in [0.3, 0.4) is 0 Å². The van der Waals surface area contributed by atoms with E-state index < -0.39 is 5.60 Å². The van der Waals surface area contributed by atoms with E-state index in [2.05, 4.69) is 10.2 Å². The molecular formula is C15H28N2O3. The fourth-order valence-corrected chi connectivity index (χ4v) is 2.98. The van der Waals surface area contributed by atoms with E-state index in [0.29, 0.717) is 32.6 Å². The zero-order valence-corrected chi connectivity index (χ0v) is 12.6. The summed E-state index contributed by atoms with van der Waals surface area (Å²) >= 11 is 0. The van der Waals surface area contributed by atoms with Crippen molar-refractivity contribution in [3.8, 4) is 0 Å². The Morgan fingerprint density at radius 3 is 2.45 bits per heavy atom. The molecule has 5 heteroatoms. The molecule has 0 aromatic heterocycles. The van der Waals surface area contributed by atoms with Crippen LogP contribution in [0.25, 0.3) is 0 Å². The second-order valence-electron chi connectivity index (χ2n) is 6.18. The van der Waals surface area contributed by atoms with Crippen LogP contribution in [0.2, 0.25) is 0 Å². The molecule has 2 fully saturated rings. The van der Waals surface area contributed by atoms with E-state index in [1.165, 1.54) is 25.7 Å². The smallest absolute Gasteiger partial charge is 0.237 e. The molecule has 0 saturated carbocycles. The van der Waals surface area contributed by atoms with Crippen molar-refractivity contribution in [1.29, 1.82) is 0 Å². The first-order chi connectivity index (χ1) is 9.61. The van der Waals surface area contributed by atoms with Crippen molar-refractivity contribution in [2.24, 2.45) is 0 Å². The molecule has 2 saturated heterocycles. The van der Waals surface area contributed by atoms with Crippen LogP contribution in [0, 0.1) is 0 Å². The maximum atomic E-state index is 12.2. The molecule has 0 radical (unpaired) electrons. The zero-order valence-electron chi connectivity index (χ0n) is 12.6. The fourth-order valence-electron chi connectivity index (χ4n) is 2.98. The van der Waals surface area contributed by atoms with Gasteiger partial charge in [-0.15, -0.1) is 0 Å². The number of carbonyl (C=O) groups excluding carboxylic acids is 1. The molecule has 2 rings (SSSR count). The Morgan fingerprint density at radius 1 is 1.25 bits per heavy atom. The Balaban J connectivity index is 1.78. The van der Waals surface area contributed by atoms with Gasteiger partial charge in [0.2, 0.25) is 5.91 Å². The molecule has 0 aromatic rings. The van der Waals surface area contributed by atoms with E-state index in [1.807, 2.05) is 6.92 Å². The second kappa shape index (κ2) is 7.38. The molecule has 20 heavy (non-hydrogen) atoms. The average molecular weight is 284 g/mol. The highest BCUT2D eigenvalue weighted by Crippen LogP contribution is 2.19. The van der Waals surface area contributed by atoms with Crippen molar-refractivity contribution >= 4 is 5.91 Å². The van der Waals surface area contributed by atoms with Gasteiger partial charge in [0.05, 0.1) is 11.6 Å². The molecule has 2 aliphatic heterocycles. The van der Waals surface area contributed by atoms with Gasteiger partial charge in [0.15, 0.2) is 0 Å². The Morgan fingerprint density at radius 2 is 1.85 bits per heavy atom. The average Bonchev–Trinajstić information content (AvgIpc) is 2.74. The van der Waals surface area contributed by atoms with E-state index in [1.54, 1.807) is 0 Å². The lowest BCUT2D eigenvalue weighted by Crippen LogP contribution is -2.51. The van der Waals surface area contributed by atoms with Crippen molar-refractivity contribution in [2.45, 2.75) is 57.1 Å². The van der Waals surface area contributed by atoms with Crippen LogP contribution >= 0.6 is 0 Å². The largest absolute Gasteiger partial charge is 0.388 e. The summed E-state index contributed by atoms with van der Waals surface area (Å²) < 4.78 is 5.25. The number of hydrogen-bond acceptors (Lipinski definition) is 4. The van der Waals surface area contributed by atoms with Crippen LogP contribution in [0.1, 0.15) is 45.4 Å². The van der Waals surface area contributed by atoms with Crippen molar-refractivity contribution in [3.05, 3.63) is 0 Å². The summed E-state index contributed by atoms with van der Waals surface area (Å²) in [4.78, 5) is 14.5. The molecule has 0 spiro atoms. The predicted molar refractivity (Wildman–Crippen MR) is 77.5 cm³/mol. The molecule has 1 atom stereocenters. The summed E-state index contributed by atoms with van der Waals surface area (Å²) in [6, 6.07) is -0.100. The Kier molecular flexibility index (Phi) is 5.81. The number of nitrogens with one attached hydrogen (secondary N) is 1. The summed E-state index contributed by atoms with van der Waals surface area (Å²) in [7, 11) is 0. The molecule has 0 bridgehead atoms. The summed E-state index contributed by atoms with van der Waals surface area (Å²) in [6.07, 6.45) is 6.10. The van der Waals surface area contributed by atoms with Gasteiger partial charge in [-0.25, -0.2) is 0 Å². The lowest BCUT2D eigenvalue weighted by molar-refractivity contribution is -0.128. The summed E-state index contributed by atoms with van der Waals surface area (Å²) in [5.41, 5.74) is -0.785. The van der Waals surface area contributed by atoms with Crippen molar-refractivity contribution in [3.63, 3.8) is 0 Å². The third-order valence-electron chi connectivity index (χ3n) is 4.58. The maximum absolute atomic E-state index is 12.2. The third kappa shape index (κ3) is 4.43. The standard InChI is InChI=1S/C15H28N2O3/c1-13(17-8-4-2-3-5-9-17)14(18)16-12-15(19)6-10-20-11-7-15/h13,19H,2-12H2,1H3,(H,16,18)/t13-/m1/s1. The van der Waals surface area contributed by atoms with Gasteiger partial charge >= 0.3 is 0 Å². The number of nitrogens with zero attached hydrogens (tertiary/aromatic N) is 1. The zero-order chi connectivity index (χ0) is 14.4. The van der Waals surface area contributed by atoms with Crippen LogP contribution in [0.4, 0.5) is 0 Å². The van der Waals surface area contributed by atoms with Crippen molar-refractivity contribution in [1.82, 2.24) is 10.2 Å². The minimum atomic E-state index is -0.785. The van der Waals surface area contributed by atoms with Gasteiger partial charge in [0, 0.05) is 32.6 Å². The van der Waals surface area contributed by atoms with Crippen LogP contribution in [0.5, 0.6) is 0 Å². The number of hydrogen-bond donors (Lipinski definition) is 2. The van der Waals surface area contributed by atoms with Crippen molar-refractivity contribution in [2.75, 3.05) is 32.8 Å². The highest BCUT2D eigenvalue weighted by Gasteiger charge is 2.31. The van der Waals surface area contributed by atoms with E-state index in [4.69, 9.17) is 4.74 Å². The van der Waals surface area contributed by atoms with Gasteiger partial charge in [-0.3, -0.25) is 9.69 Å². The Labute approximate surface area is 121 Å². The quantitative estimate of drug-likeness (QED) is 0.805. The lowest BCUT2D eigenvalue weighted by Gasteiger charge is -2.33. The molecule has 2 aliphatic rings. The molecule has 0 aromatic carbocycles. The molecule has 0 aliphatic carbocycles. The predicted octanol–water partition coefficient (Wildman–Crippen LogP) is 0.909. The van der Waals surface area contributed by atoms with E-state index in [0.717, 1.165) is 13.1 Å². The van der Waals surface area contributed by atoms with Gasteiger partial charge in [-0.05, 0) is 32.9 Å². The Hall–Kier alpha value is -0.650. The van der Waals surface area contributed by atoms with Gasteiger partial charge in [-0.1, -0.05) is 12.8 Å². The molecule has 5 nitrogen and oxygen atoms in total. The highest BCUT2D eigenvalue weighted by molar-refractivity contribution is 5.81. The number of likely N-dealkylation sites (tertiary alicyclic amines) is 1. The molecule has 2 heterocycles. The SMILES string of the molecule is C[C@H](C(=O)NCC1(O)CCOCC1)N1CCCCCC1. The van der Waals surface area contributed by atoms with Crippen LogP contribution in [-0.2, 0) is 9.53 Å². The third-order valence-corrected chi connectivity index (χ3v) is 4.58. The van der Waals surface area contributed by atoms with Gasteiger partial charge in [0.25, 0.3) is 0 Å². The summed E-state index contributed by atoms with van der Waals surface area (Å²) in [5.74, 6) is 0.0341. The van der Waals surface area contributed by atoms with Gasteiger partial charge in [0.1, 0.15) is 0 Å². The van der Waals surface area contributed by atoms with Gasteiger partial charge in [-0.2, -0.15) is 0 Å². The summed E-state index contributed by atoms with van der Waals surface area (Å²) in [5, 5.41) is 13.3. The van der Waals surface area contributed by atoms with Crippen molar-refractivity contribution < 1.29 is 14.6 Å². The molecular weight excluding hydrogens is 256 g/mol. The summed E-state index contributed by atoms with van der Waals surface area (Å²) in [6.45, 7) is 5.48. The number of aliphatic hydroxyl groups is 1. The lowest BCUT2D eigenvalue weighted by atomic mass is 9.94. The number of rotatable bonds is 4. The van der Waals surface area contributed by atoms with E-state index in [-0.39, 0.29) is 11.9 Å². The molecule has 1 amide bonds. The minimum Gasteiger partial charge on any atom is -0.388 e. The first-order valence-corrected chi connectivity index (χ1v) is 7.93. The topological polar surface area (TPSA) is 61.8 Å². The van der Waals surface area contributed by atoms with E-state index in [9.17, 15) is 9.90 Å². The Bertz CT molecular complexity index is 308. The molecule has 2 N–H and O–H groups in total. The number of amides is 1. The monoisotopic (exact) mass is 284 g/mol. The number of carbonyl (C=O) groups is 1. The fraction of sp³-hybridized carbons (Fsp3) is 0.933. The normalized spacial score (nSPS) is 25.7. The second-order valence-corrected chi connectivity index (χ2v) is 6.18.